The zero-order valence-electron chi connectivity index (χ0n) is 18.2. The molecule has 0 atom stereocenters. The number of nitrogens with zero attached hydrogens (tertiary/aromatic N) is 5. The first-order valence-electron chi connectivity index (χ1n) is 10.7. The molecule has 1 aromatic heterocycles. The summed E-state index contributed by atoms with van der Waals surface area (Å²) in [6.07, 6.45) is 3.28. The van der Waals surface area contributed by atoms with Crippen LogP contribution in [0.1, 0.15) is 16.8 Å². The summed E-state index contributed by atoms with van der Waals surface area (Å²) in [6, 6.07) is 16.4. The number of non-ortho nitro benzene ring substituents is 1. The standard InChI is InChI=1S/C24H24ClN5O3/c1-18-22(24(25)29(26-18)17-19-5-3-2-4-6-19)11-12-23(31)28-15-13-27(14-16-28)20-7-9-21(10-8-20)30(32)33/h2-12H,13-17H2,1H3/b12-11+. The average molecular weight is 466 g/mol. The molecule has 1 aliphatic heterocycles. The van der Waals surface area contributed by atoms with Crippen molar-refractivity contribution in [2.45, 2.75) is 13.5 Å². The molecule has 2 heterocycles. The first-order valence-corrected chi connectivity index (χ1v) is 11.0. The van der Waals surface area contributed by atoms with Gasteiger partial charge in [0.2, 0.25) is 5.91 Å². The molecule has 0 bridgehead atoms. The van der Waals surface area contributed by atoms with Crippen molar-refractivity contribution < 1.29 is 9.72 Å². The smallest absolute Gasteiger partial charge is 0.269 e. The minimum absolute atomic E-state index is 0.0683. The number of carbonyl (C=O) groups is 1. The molecule has 1 aliphatic rings. The molecule has 1 amide bonds. The third kappa shape index (κ3) is 5.23. The Morgan fingerprint density at radius 1 is 1.09 bits per heavy atom. The lowest BCUT2D eigenvalue weighted by Gasteiger charge is -2.35. The van der Waals surface area contributed by atoms with Gasteiger partial charge in [0.1, 0.15) is 5.15 Å². The van der Waals surface area contributed by atoms with E-state index in [2.05, 4.69) is 10.00 Å². The number of rotatable bonds is 6. The summed E-state index contributed by atoms with van der Waals surface area (Å²) in [4.78, 5) is 27.0. The summed E-state index contributed by atoms with van der Waals surface area (Å²) < 4.78 is 1.74. The van der Waals surface area contributed by atoms with Gasteiger partial charge in [0.05, 0.1) is 17.2 Å². The quantitative estimate of drug-likeness (QED) is 0.310. The molecule has 0 unspecified atom stereocenters. The number of aromatic nitrogens is 2. The number of hydrogen-bond acceptors (Lipinski definition) is 5. The van der Waals surface area contributed by atoms with Crippen molar-refractivity contribution in [2.24, 2.45) is 0 Å². The summed E-state index contributed by atoms with van der Waals surface area (Å²) in [5.41, 5.74) is 3.59. The van der Waals surface area contributed by atoms with E-state index in [0.29, 0.717) is 37.9 Å². The van der Waals surface area contributed by atoms with Gasteiger partial charge in [0.15, 0.2) is 0 Å². The van der Waals surface area contributed by atoms with E-state index in [-0.39, 0.29) is 11.6 Å². The molecule has 9 heteroatoms. The van der Waals surface area contributed by atoms with E-state index in [1.54, 1.807) is 33.9 Å². The first kappa shape index (κ1) is 22.5. The average Bonchev–Trinajstić information content (AvgIpc) is 3.10. The molecule has 4 rings (SSSR count). The van der Waals surface area contributed by atoms with Crippen LogP contribution in [0.2, 0.25) is 5.15 Å². The van der Waals surface area contributed by atoms with Crippen molar-refractivity contribution in [3.8, 4) is 0 Å². The molecule has 170 valence electrons. The number of anilines is 1. The summed E-state index contributed by atoms with van der Waals surface area (Å²) in [5.74, 6) is -0.0791. The summed E-state index contributed by atoms with van der Waals surface area (Å²) >= 11 is 6.54. The van der Waals surface area contributed by atoms with Crippen molar-refractivity contribution >= 4 is 35.0 Å². The molecule has 0 radical (unpaired) electrons. The molecule has 0 N–H and O–H groups in total. The molecule has 3 aromatic rings. The van der Waals surface area contributed by atoms with Crippen LogP contribution in [-0.2, 0) is 11.3 Å². The van der Waals surface area contributed by atoms with E-state index in [1.807, 2.05) is 37.3 Å². The van der Waals surface area contributed by atoms with Crippen LogP contribution in [0, 0.1) is 17.0 Å². The van der Waals surface area contributed by atoms with Gasteiger partial charge in [-0.05, 0) is 30.7 Å². The maximum absolute atomic E-state index is 12.7. The van der Waals surface area contributed by atoms with Gasteiger partial charge in [0.25, 0.3) is 5.69 Å². The van der Waals surface area contributed by atoms with Crippen LogP contribution in [-0.4, -0.2) is 51.7 Å². The van der Waals surface area contributed by atoms with Gasteiger partial charge in [-0.25, -0.2) is 4.68 Å². The Bertz CT molecular complexity index is 1170. The van der Waals surface area contributed by atoms with Crippen LogP contribution in [0.5, 0.6) is 0 Å². The van der Waals surface area contributed by atoms with Crippen molar-refractivity contribution in [3.63, 3.8) is 0 Å². The second kappa shape index (κ2) is 9.87. The Hall–Kier alpha value is -3.65. The first-order chi connectivity index (χ1) is 15.9. The predicted molar refractivity (Wildman–Crippen MR) is 128 cm³/mol. The number of benzene rings is 2. The van der Waals surface area contributed by atoms with Crippen molar-refractivity contribution in [1.29, 1.82) is 0 Å². The van der Waals surface area contributed by atoms with E-state index in [9.17, 15) is 14.9 Å². The monoisotopic (exact) mass is 465 g/mol. The van der Waals surface area contributed by atoms with Crippen molar-refractivity contribution in [2.75, 3.05) is 31.1 Å². The van der Waals surface area contributed by atoms with Crippen LogP contribution >= 0.6 is 11.6 Å². The number of carbonyl (C=O) groups excluding carboxylic acids is 1. The number of halogens is 1. The fourth-order valence-corrected chi connectivity index (χ4v) is 4.15. The second-order valence-electron chi connectivity index (χ2n) is 7.85. The lowest BCUT2D eigenvalue weighted by Crippen LogP contribution is -2.48. The number of nitro benzene ring substituents is 1. The third-order valence-electron chi connectivity index (χ3n) is 5.69. The van der Waals surface area contributed by atoms with Crippen LogP contribution in [0.3, 0.4) is 0 Å². The van der Waals surface area contributed by atoms with Gasteiger partial charge in [-0.3, -0.25) is 14.9 Å². The number of piperazine rings is 1. The Balaban J connectivity index is 1.36. The van der Waals surface area contributed by atoms with E-state index < -0.39 is 4.92 Å². The van der Waals surface area contributed by atoms with Gasteiger partial charge < -0.3 is 9.80 Å². The molecule has 33 heavy (non-hydrogen) atoms. The van der Waals surface area contributed by atoms with Crippen molar-refractivity contribution in [3.05, 3.63) is 92.8 Å². The molecular formula is C24H24ClN5O3. The number of nitro groups is 1. The maximum Gasteiger partial charge on any atom is 0.269 e. The Kier molecular flexibility index (Phi) is 6.74. The van der Waals surface area contributed by atoms with Gasteiger partial charge in [-0.1, -0.05) is 41.9 Å². The van der Waals surface area contributed by atoms with Crippen LogP contribution in [0.4, 0.5) is 11.4 Å². The number of amides is 1. The zero-order valence-corrected chi connectivity index (χ0v) is 19.0. The highest BCUT2D eigenvalue weighted by Gasteiger charge is 2.21. The van der Waals surface area contributed by atoms with E-state index in [4.69, 9.17) is 11.6 Å². The fraction of sp³-hybridized carbons (Fsp3) is 0.250. The predicted octanol–water partition coefficient (Wildman–Crippen LogP) is 4.16. The largest absolute Gasteiger partial charge is 0.368 e. The highest BCUT2D eigenvalue weighted by atomic mass is 35.5. The van der Waals surface area contributed by atoms with Gasteiger partial charge in [-0.2, -0.15) is 5.10 Å². The van der Waals surface area contributed by atoms with Crippen LogP contribution in [0.15, 0.2) is 60.7 Å². The number of aryl methyl sites for hydroxylation is 1. The van der Waals surface area contributed by atoms with Crippen LogP contribution < -0.4 is 4.90 Å². The highest BCUT2D eigenvalue weighted by molar-refractivity contribution is 6.31. The van der Waals surface area contributed by atoms with Gasteiger partial charge >= 0.3 is 0 Å². The second-order valence-corrected chi connectivity index (χ2v) is 8.21. The molecular weight excluding hydrogens is 442 g/mol. The summed E-state index contributed by atoms with van der Waals surface area (Å²) in [5, 5.41) is 15.8. The lowest BCUT2D eigenvalue weighted by atomic mass is 10.2. The topological polar surface area (TPSA) is 84.5 Å². The third-order valence-corrected chi connectivity index (χ3v) is 6.09. The van der Waals surface area contributed by atoms with Crippen LogP contribution in [0.25, 0.3) is 6.08 Å². The lowest BCUT2D eigenvalue weighted by molar-refractivity contribution is -0.384. The SMILES string of the molecule is Cc1nn(Cc2ccccc2)c(Cl)c1/C=C/C(=O)N1CCN(c2ccc([N+](=O)[O-])cc2)CC1. The summed E-state index contributed by atoms with van der Waals surface area (Å²) in [7, 11) is 0. The Morgan fingerprint density at radius 2 is 1.76 bits per heavy atom. The fourth-order valence-electron chi connectivity index (χ4n) is 3.85. The number of hydrogen-bond donors (Lipinski definition) is 0. The van der Waals surface area contributed by atoms with Crippen molar-refractivity contribution in [1.82, 2.24) is 14.7 Å². The summed E-state index contributed by atoms with van der Waals surface area (Å²) in [6.45, 7) is 4.89. The molecule has 0 saturated carbocycles. The molecule has 8 nitrogen and oxygen atoms in total. The van der Waals surface area contributed by atoms with Gasteiger partial charge in [0, 0.05) is 55.6 Å². The maximum atomic E-state index is 12.7. The molecule has 0 spiro atoms. The van der Waals surface area contributed by atoms with E-state index in [1.165, 1.54) is 12.1 Å². The van der Waals surface area contributed by atoms with E-state index in [0.717, 1.165) is 22.5 Å². The molecule has 0 aliphatic carbocycles. The molecule has 1 fully saturated rings. The minimum Gasteiger partial charge on any atom is -0.368 e. The molecule has 2 aromatic carbocycles. The highest BCUT2D eigenvalue weighted by Crippen LogP contribution is 2.23. The Labute approximate surface area is 196 Å². The molecule has 1 saturated heterocycles. The van der Waals surface area contributed by atoms with E-state index >= 15 is 0 Å². The van der Waals surface area contributed by atoms with Gasteiger partial charge in [-0.15, -0.1) is 0 Å². The zero-order chi connectivity index (χ0) is 23.4. The Morgan fingerprint density at radius 3 is 2.39 bits per heavy atom. The normalized spacial score (nSPS) is 14.1. The minimum atomic E-state index is -0.411.